The van der Waals surface area contributed by atoms with Crippen molar-refractivity contribution in [3.63, 3.8) is 0 Å². The molecular weight excluding hydrogens is 290 g/mol. The molecule has 0 radical (unpaired) electrons. The maximum Gasteiger partial charge on any atom is 0.242 e. The van der Waals surface area contributed by atoms with Gasteiger partial charge in [-0.2, -0.15) is 0 Å². The summed E-state index contributed by atoms with van der Waals surface area (Å²) in [5.41, 5.74) is 5.87. The highest BCUT2D eigenvalue weighted by atomic mass is 32.2. The van der Waals surface area contributed by atoms with Crippen LogP contribution in [-0.2, 0) is 14.8 Å². The van der Waals surface area contributed by atoms with Gasteiger partial charge >= 0.3 is 0 Å². The third-order valence-electron chi connectivity index (χ3n) is 3.17. The number of carbonyl (C=O) groups excluding carboxylic acids is 1. The van der Waals surface area contributed by atoms with Crippen molar-refractivity contribution >= 4 is 21.6 Å². The number of anilines is 1. The van der Waals surface area contributed by atoms with E-state index < -0.39 is 10.0 Å². The Balaban J connectivity index is 2.92. The highest BCUT2D eigenvalue weighted by molar-refractivity contribution is 7.89. The first-order valence-electron chi connectivity index (χ1n) is 7.03. The van der Waals surface area contributed by atoms with Gasteiger partial charge in [-0.25, -0.2) is 13.1 Å². The van der Waals surface area contributed by atoms with Crippen LogP contribution in [0.15, 0.2) is 29.2 Å². The molecule has 1 amide bonds. The second-order valence-corrected chi connectivity index (χ2v) is 6.50. The topological polar surface area (TPSA) is 101 Å². The Morgan fingerprint density at radius 2 is 1.95 bits per heavy atom. The van der Waals surface area contributed by atoms with Crippen LogP contribution in [0.5, 0.6) is 0 Å². The van der Waals surface area contributed by atoms with Crippen molar-refractivity contribution in [3.05, 3.63) is 24.3 Å². The molecule has 1 aromatic carbocycles. The molecule has 118 valence electrons. The lowest BCUT2D eigenvalue weighted by Gasteiger charge is -2.14. The summed E-state index contributed by atoms with van der Waals surface area (Å²) < 4.78 is 26.6. The summed E-state index contributed by atoms with van der Waals surface area (Å²) in [6.45, 7) is 4.39. The first-order chi connectivity index (χ1) is 9.94. The number of hydrogen-bond donors (Lipinski definition) is 3. The third kappa shape index (κ3) is 5.11. The number of nitrogens with one attached hydrogen (secondary N) is 2. The lowest BCUT2D eigenvalue weighted by Crippen LogP contribution is -2.26. The number of amides is 1. The maximum atomic E-state index is 12.1. The van der Waals surface area contributed by atoms with E-state index in [1.165, 1.54) is 6.07 Å². The number of sulfonamides is 1. The van der Waals surface area contributed by atoms with E-state index in [2.05, 4.69) is 10.0 Å². The van der Waals surface area contributed by atoms with Crippen LogP contribution in [0.2, 0.25) is 0 Å². The Morgan fingerprint density at radius 3 is 2.52 bits per heavy atom. The Labute approximate surface area is 126 Å². The smallest absolute Gasteiger partial charge is 0.242 e. The van der Waals surface area contributed by atoms with E-state index in [0.717, 1.165) is 6.42 Å². The van der Waals surface area contributed by atoms with Gasteiger partial charge in [-0.3, -0.25) is 4.79 Å². The van der Waals surface area contributed by atoms with Gasteiger partial charge < -0.3 is 11.1 Å². The molecule has 4 N–H and O–H groups in total. The molecule has 7 heteroatoms. The molecule has 0 heterocycles. The first-order valence-corrected chi connectivity index (χ1v) is 8.51. The van der Waals surface area contributed by atoms with Gasteiger partial charge in [0.05, 0.1) is 5.69 Å². The van der Waals surface area contributed by atoms with E-state index in [9.17, 15) is 13.2 Å². The van der Waals surface area contributed by atoms with Crippen LogP contribution in [-0.4, -0.2) is 27.4 Å². The standard InChI is InChI=1S/C14H23N3O3S/c1-3-11(10-15)9-14(18)17-12-7-5-6-8-13(12)21(19,20)16-4-2/h5-8,11,16H,3-4,9-10,15H2,1-2H3,(H,17,18). The van der Waals surface area contributed by atoms with Crippen LogP contribution in [0.3, 0.4) is 0 Å². The Kier molecular flexibility index (Phi) is 6.80. The molecule has 0 aromatic heterocycles. The highest BCUT2D eigenvalue weighted by Gasteiger charge is 2.19. The van der Waals surface area contributed by atoms with E-state index in [1.807, 2.05) is 6.92 Å². The zero-order valence-corrected chi connectivity index (χ0v) is 13.2. The summed E-state index contributed by atoms with van der Waals surface area (Å²) in [5.74, 6) is -0.131. The molecule has 0 aliphatic rings. The van der Waals surface area contributed by atoms with Crippen LogP contribution >= 0.6 is 0 Å². The molecule has 21 heavy (non-hydrogen) atoms. The van der Waals surface area contributed by atoms with Crippen LogP contribution in [0.4, 0.5) is 5.69 Å². The third-order valence-corrected chi connectivity index (χ3v) is 4.77. The van der Waals surface area contributed by atoms with Gasteiger partial charge in [0, 0.05) is 13.0 Å². The fourth-order valence-corrected chi connectivity index (χ4v) is 3.13. The molecular formula is C14H23N3O3S. The fraction of sp³-hybridized carbons (Fsp3) is 0.500. The summed E-state index contributed by atoms with van der Waals surface area (Å²) in [5, 5.41) is 2.66. The second kappa shape index (κ2) is 8.11. The van der Waals surface area contributed by atoms with Crippen molar-refractivity contribution in [2.75, 3.05) is 18.4 Å². The van der Waals surface area contributed by atoms with Gasteiger partial charge in [0.2, 0.25) is 15.9 Å². The molecule has 0 fully saturated rings. The van der Waals surface area contributed by atoms with E-state index in [1.54, 1.807) is 25.1 Å². The molecule has 0 bridgehead atoms. The van der Waals surface area contributed by atoms with Crippen molar-refractivity contribution in [1.29, 1.82) is 0 Å². The molecule has 1 rings (SSSR count). The number of nitrogens with two attached hydrogens (primary N) is 1. The molecule has 0 aliphatic carbocycles. The molecule has 0 saturated heterocycles. The van der Waals surface area contributed by atoms with Crippen molar-refractivity contribution < 1.29 is 13.2 Å². The van der Waals surface area contributed by atoms with E-state index in [0.29, 0.717) is 6.54 Å². The van der Waals surface area contributed by atoms with Crippen molar-refractivity contribution in [2.24, 2.45) is 11.7 Å². The Bertz CT molecular complexity index is 569. The second-order valence-electron chi connectivity index (χ2n) is 4.76. The zero-order valence-electron chi connectivity index (χ0n) is 12.4. The summed E-state index contributed by atoms with van der Waals surface area (Å²) in [4.78, 5) is 12.1. The van der Waals surface area contributed by atoms with Crippen molar-refractivity contribution in [1.82, 2.24) is 4.72 Å². The van der Waals surface area contributed by atoms with Gasteiger partial charge in [-0.05, 0) is 24.6 Å². The number of rotatable bonds is 8. The fourth-order valence-electron chi connectivity index (χ4n) is 1.93. The van der Waals surface area contributed by atoms with E-state index in [4.69, 9.17) is 5.73 Å². The predicted octanol–water partition coefficient (Wildman–Crippen LogP) is 1.30. The Hall–Kier alpha value is -1.44. The summed E-state index contributed by atoms with van der Waals surface area (Å²) >= 11 is 0. The monoisotopic (exact) mass is 313 g/mol. The molecule has 6 nitrogen and oxygen atoms in total. The van der Waals surface area contributed by atoms with Gasteiger partial charge in [0.15, 0.2) is 0 Å². The minimum absolute atomic E-state index is 0.0704. The van der Waals surface area contributed by atoms with Crippen LogP contribution in [0, 0.1) is 5.92 Å². The molecule has 0 saturated carbocycles. The summed E-state index contributed by atoms with van der Waals surface area (Å²) in [7, 11) is -3.62. The van der Waals surface area contributed by atoms with Gasteiger partial charge in [0.1, 0.15) is 4.90 Å². The lowest BCUT2D eigenvalue weighted by molar-refractivity contribution is -0.117. The lowest BCUT2D eigenvalue weighted by atomic mass is 10.0. The SMILES string of the molecule is CCNS(=O)(=O)c1ccccc1NC(=O)CC(CC)CN. The predicted molar refractivity (Wildman–Crippen MR) is 83.4 cm³/mol. The molecule has 1 atom stereocenters. The van der Waals surface area contributed by atoms with Crippen molar-refractivity contribution in [3.8, 4) is 0 Å². The van der Waals surface area contributed by atoms with Gasteiger partial charge in [-0.1, -0.05) is 32.4 Å². The normalized spacial score (nSPS) is 12.9. The number of benzene rings is 1. The average molecular weight is 313 g/mol. The van der Waals surface area contributed by atoms with Crippen LogP contribution in [0.1, 0.15) is 26.7 Å². The number of para-hydroxylation sites is 1. The van der Waals surface area contributed by atoms with Crippen LogP contribution < -0.4 is 15.8 Å². The number of carbonyl (C=O) groups is 1. The largest absolute Gasteiger partial charge is 0.330 e. The maximum absolute atomic E-state index is 12.1. The van der Waals surface area contributed by atoms with E-state index >= 15 is 0 Å². The summed E-state index contributed by atoms with van der Waals surface area (Å²) in [6.07, 6.45) is 1.09. The van der Waals surface area contributed by atoms with Gasteiger partial charge in [0.25, 0.3) is 0 Å². The zero-order chi connectivity index (χ0) is 15.9. The van der Waals surface area contributed by atoms with Crippen molar-refractivity contribution in [2.45, 2.75) is 31.6 Å². The summed E-state index contributed by atoms with van der Waals surface area (Å²) in [6, 6.07) is 6.34. The minimum Gasteiger partial charge on any atom is -0.330 e. The Morgan fingerprint density at radius 1 is 1.29 bits per heavy atom. The minimum atomic E-state index is -3.62. The number of hydrogen-bond acceptors (Lipinski definition) is 4. The molecule has 0 spiro atoms. The quantitative estimate of drug-likeness (QED) is 0.673. The first kappa shape index (κ1) is 17.6. The molecule has 1 unspecified atom stereocenters. The molecule has 1 aromatic rings. The average Bonchev–Trinajstić information content (AvgIpc) is 2.45. The van der Waals surface area contributed by atoms with Crippen LogP contribution in [0.25, 0.3) is 0 Å². The van der Waals surface area contributed by atoms with E-state index in [-0.39, 0.29) is 35.4 Å². The molecule has 0 aliphatic heterocycles. The van der Waals surface area contributed by atoms with Gasteiger partial charge in [-0.15, -0.1) is 0 Å². The highest BCUT2D eigenvalue weighted by Crippen LogP contribution is 2.21.